The van der Waals surface area contributed by atoms with Gasteiger partial charge in [-0.2, -0.15) is 0 Å². The Morgan fingerprint density at radius 2 is 2.08 bits per heavy atom. The molecule has 0 aromatic carbocycles. The van der Waals surface area contributed by atoms with Crippen LogP contribution in [0.2, 0.25) is 0 Å². The van der Waals surface area contributed by atoms with Crippen molar-refractivity contribution < 1.29 is 13.6 Å². The largest absolute Gasteiger partial charge is 0.331 e. The zero-order chi connectivity index (χ0) is 8.98. The molecule has 1 aliphatic carbocycles. The highest BCUT2D eigenvalue weighted by Gasteiger charge is 2.66. The highest BCUT2D eigenvalue weighted by molar-refractivity contribution is 7.54. The zero-order valence-corrected chi connectivity index (χ0v) is 8.64. The lowest BCUT2D eigenvalue weighted by Gasteiger charge is -2.11. The minimum Gasteiger partial charge on any atom is -0.312 e. The molecule has 1 saturated carbocycles. The van der Waals surface area contributed by atoms with Crippen molar-refractivity contribution >= 4 is 7.60 Å². The molecule has 3 atom stereocenters. The second kappa shape index (κ2) is 2.34. The van der Waals surface area contributed by atoms with Gasteiger partial charge in [0.1, 0.15) is 0 Å². The maximum absolute atomic E-state index is 11.7. The van der Waals surface area contributed by atoms with Crippen LogP contribution in [0.3, 0.4) is 0 Å². The van der Waals surface area contributed by atoms with Gasteiger partial charge in [0, 0.05) is 7.11 Å². The number of hydrogen-bond acceptors (Lipinski definition) is 3. The van der Waals surface area contributed by atoms with Gasteiger partial charge in [-0.3, -0.25) is 4.57 Å². The third kappa shape index (κ3) is 0.935. The van der Waals surface area contributed by atoms with Crippen LogP contribution in [0.25, 0.3) is 0 Å². The van der Waals surface area contributed by atoms with Crippen LogP contribution in [0.5, 0.6) is 0 Å². The lowest BCUT2D eigenvalue weighted by molar-refractivity contribution is 0.151. The first-order valence-corrected chi connectivity index (χ1v) is 6.12. The van der Waals surface area contributed by atoms with Crippen LogP contribution in [-0.2, 0) is 13.6 Å². The number of rotatable bonds is 1. The summed E-state index contributed by atoms with van der Waals surface area (Å²) in [4.78, 5) is 0. The van der Waals surface area contributed by atoms with E-state index >= 15 is 0 Å². The van der Waals surface area contributed by atoms with Gasteiger partial charge in [0.15, 0.2) is 0 Å². The van der Waals surface area contributed by atoms with Crippen LogP contribution in [0.4, 0.5) is 0 Å². The van der Waals surface area contributed by atoms with Crippen molar-refractivity contribution in [2.45, 2.75) is 25.9 Å². The smallest absolute Gasteiger partial charge is 0.312 e. The minimum absolute atomic E-state index is 0.0917. The molecule has 0 N–H and O–H groups in total. The Bertz CT molecular complexity index is 243. The third-order valence-electron chi connectivity index (χ3n) is 3.55. The molecule has 1 spiro atoms. The summed E-state index contributed by atoms with van der Waals surface area (Å²) in [6.07, 6.45) is 1.50. The van der Waals surface area contributed by atoms with Gasteiger partial charge in [0.2, 0.25) is 0 Å². The maximum Gasteiger partial charge on any atom is 0.331 e. The summed E-state index contributed by atoms with van der Waals surface area (Å²) < 4.78 is 22.1. The standard InChI is InChI=1S/C8H15O3P/c1-6-7(2)8(6)4-5-12(9,10-3)11-8/h6-7H,4-5H2,1-3H3. The average molecular weight is 190 g/mol. The molecule has 2 aliphatic rings. The molecule has 1 heterocycles. The molecule has 3 nitrogen and oxygen atoms in total. The molecule has 2 rings (SSSR count). The van der Waals surface area contributed by atoms with Gasteiger partial charge in [-0.05, 0) is 18.3 Å². The molecule has 0 aromatic rings. The van der Waals surface area contributed by atoms with E-state index in [-0.39, 0.29) is 5.60 Å². The van der Waals surface area contributed by atoms with E-state index in [1.807, 2.05) is 0 Å². The predicted molar refractivity (Wildman–Crippen MR) is 46.2 cm³/mol. The molecule has 12 heavy (non-hydrogen) atoms. The molecular weight excluding hydrogens is 175 g/mol. The summed E-state index contributed by atoms with van der Waals surface area (Å²) in [5, 5.41) is 0. The first kappa shape index (κ1) is 8.74. The summed E-state index contributed by atoms with van der Waals surface area (Å²) >= 11 is 0. The van der Waals surface area contributed by atoms with Crippen LogP contribution in [0.1, 0.15) is 20.3 Å². The van der Waals surface area contributed by atoms with Gasteiger partial charge < -0.3 is 9.05 Å². The van der Waals surface area contributed by atoms with Crippen LogP contribution >= 0.6 is 7.60 Å². The molecule has 0 amide bonds. The summed E-state index contributed by atoms with van der Waals surface area (Å²) in [7, 11) is -1.21. The molecule has 1 saturated heterocycles. The van der Waals surface area contributed by atoms with Crippen LogP contribution in [0.15, 0.2) is 0 Å². The molecule has 1 aliphatic heterocycles. The number of hydrogen-bond donors (Lipinski definition) is 0. The summed E-state index contributed by atoms with van der Waals surface area (Å²) in [6.45, 7) is 4.30. The fraction of sp³-hybridized carbons (Fsp3) is 1.00. The Balaban J connectivity index is 2.14. The van der Waals surface area contributed by atoms with Gasteiger partial charge >= 0.3 is 7.60 Å². The monoisotopic (exact) mass is 190 g/mol. The van der Waals surface area contributed by atoms with E-state index in [1.165, 1.54) is 7.11 Å². The Hall–Kier alpha value is 0.150. The molecule has 4 heteroatoms. The first-order valence-electron chi connectivity index (χ1n) is 4.40. The van der Waals surface area contributed by atoms with Gasteiger partial charge in [-0.15, -0.1) is 0 Å². The Morgan fingerprint density at radius 3 is 2.33 bits per heavy atom. The average Bonchev–Trinajstić information content (AvgIpc) is 2.50. The van der Waals surface area contributed by atoms with Crippen LogP contribution in [-0.4, -0.2) is 18.9 Å². The van der Waals surface area contributed by atoms with Gasteiger partial charge in [-0.1, -0.05) is 13.8 Å². The maximum atomic E-state index is 11.7. The normalized spacial score (nSPS) is 57.9. The van der Waals surface area contributed by atoms with E-state index in [2.05, 4.69) is 13.8 Å². The van der Waals surface area contributed by atoms with Crippen molar-refractivity contribution in [1.82, 2.24) is 0 Å². The van der Waals surface area contributed by atoms with Crippen molar-refractivity contribution in [3.05, 3.63) is 0 Å². The fourth-order valence-electron chi connectivity index (χ4n) is 2.24. The van der Waals surface area contributed by atoms with Crippen molar-refractivity contribution in [2.75, 3.05) is 13.3 Å². The van der Waals surface area contributed by atoms with Crippen molar-refractivity contribution in [3.8, 4) is 0 Å². The summed E-state index contributed by atoms with van der Waals surface area (Å²) in [5.41, 5.74) is -0.0917. The van der Waals surface area contributed by atoms with Crippen molar-refractivity contribution in [2.24, 2.45) is 11.8 Å². The molecule has 3 unspecified atom stereocenters. The molecular formula is C8H15O3P. The summed E-state index contributed by atoms with van der Waals surface area (Å²) in [5.74, 6) is 1.09. The van der Waals surface area contributed by atoms with Crippen LogP contribution < -0.4 is 0 Å². The lowest BCUT2D eigenvalue weighted by atomic mass is 10.2. The second-order valence-corrected chi connectivity index (χ2v) is 6.11. The third-order valence-corrected chi connectivity index (χ3v) is 5.49. The van der Waals surface area contributed by atoms with Crippen LogP contribution in [0, 0.1) is 11.8 Å². The highest BCUT2D eigenvalue weighted by atomic mass is 31.2. The van der Waals surface area contributed by atoms with Crippen molar-refractivity contribution in [1.29, 1.82) is 0 Å². The molecule has 0 bridgehead atoms. The van der Waals surface area contributed by atoms with E-state index in [4.69, 9.17) is 9.05 Å². The van der Waals surface area contributed by atoms with E-state index in [9.17, 15) is 4.57 Å². The van der Waals surface area contributed by atoms with Crippen molar-refractivity contribution in [3.63, 3.8) is 0 Å². The Morgan fingerprint density at radius 1 is 1.50 bits per heavy atom. The highest BCUT2D eigenvalue weighted by Crippen LogP contribution is 2.70. The van der Waals surface area contributed by atoms with E-state index in [0.717, 1.165) is 6.42 Å². The van der Waals surface area contributed by atoms with E-state index in [1.54, 1.807) is 0 Å². The second-order valence-electron chi connectivity index (χ2n) is 3.89. The predicted octanol–water partition coefficient (Wildman–Crippen LogP) is 2.27. The van der Waals surface area contributed by atoms with Gasteiger partial charge in [0.25, 0.3) is 0 Å². The Kier molecular flexibility index (Phi) is 1.70. The Labute approximate surface area is 73.0 Å². The van der Waals surface area contributed by atoms with Gasteiger partial charge in [0.05, 0.1) is 11.8 Å². The zero-order valence-electron chi connectivity index (χ0n) is 7.74. The minimum atomic E-state index is -2.68. The fourth-order valence-corrected chi connectivity index (χ4v) is 4.15. The molecule has 0 aromatic heterocycles. The quantitative estimate of drug-likeness (QED) is 0.595. The first-order chi connectivity index (χ1) is 5.54. The molecule has 0 radical (unpaired) electrons. The van der Waals surface area contributed by atoms with E-state index in [0.29, 0.717) is 18.0 Å². The van der Waals surface area contributed by atoms with Gasteiger partial charge in [-0.25, -0.2) is 0 Å². The van der Waals surface area contributed by atoms with E-state index < -0.39 is 7.60 Å². The molecule has 70 valence electrons. The summed E-state index contributed by atoms with van der Waals surface area (Å²) in [6, 6.07) is 0. The topological polar surface area (TPSA) is 35.5 Å². The lowest BCUT2D eigenvalue weighted by Crippen LogP contribution is -2.09. The molecule has 2 fully saturated rings. The SMILES string of the molecule is COP1(=O)CCC2(O1)C(C)C2C.